The fourth-order valence-electron chi connectivity index (χ4n) is 1.32. The van der Waals surface area contributed by atoms with E-state index in [0.717, 1.165) is 12.1 Å². The number of hydrogen-bond donors (Lipinski definition) is 2. The van der Waals surface area contributed by atoms with Gasteiger partial charge in [-0.15, -0.1) is 0 Å². The van der Waals surface area contributed by atoms with Crippen molar-refractivity contribution in [3.05, 3.63) is 29.8 Å². The third-order valence-corrected chi connectivity index (χ3v) is 2.75. The number of alkyl halides is 3. The summed E-state index contributed by atoms with van der Waals surface area (Å²) in [6.07, 6.45) is -4.30. The van der Waals surface area contributed by atoms with Gasteiger partial charge in [-0.05, 0) is 37.1 Å². The van der Waals surface area contributed by atoms with E-state index in [-0.39, 0.29) is 18.6 Å². The van der Waals surface area contributed by atoms with Crippen LogP contribution in [0.3, 0.4) is 0 Å². The number of benzene rings is 1. The van der Waals surface area contributed by atoms with E-state index in [4.69, 9.17) is 5.11 Å². The zero-order valence-corrected chi connectivity index (χ0v) is 9.75. The van der Waals surface area contributed by atoms with Gasteiger partial charge in [0.2, 0.25) is 0 Å². The Morgan fingerprint density at radius 1 is 1.18 bits per heavy atom. The van der Waals surface area contributed by atoms with Crippen molar-refractivity contribution in [3.8, 4) is 0 Å². The first-order valence-corrected chi connectivity index (χ1v) is 5.39. The summed E-state index contributed by atoms with van der Waals surface area (Å²) in [5.74, 6) is 0.0392. The molecule has 96 valence electrons. The molecule has 1 aromatic rings. The Labute approximate surface area is 98.5 Å². The van der Waals surface area contributed by atoms with Gasteiger partial charge >= 0.3 is 6.18 Å². The minimum Gasteiger partial charge on any atom is -0.396 e. The van der Waals surface area contributed by atoms with Crippen LogP contribution >= 0.6 is 0 Å². The monoisotopic (exact) mass is 247 g/mol. The third kappa shape index (κ3) is 3.93. The van der Waals surface area contributed by atoms with Crippen LogP contribution in [0.15, 0.2) is 24.3 Å². The molecular weight excluding hydrogens is 231 g/mol. The van der Waals surface area contributed by atoms with Crippen molar-refractivity contribution in [2.75, 3.05) is 11.9 Å². The lowest BCUT2D eigenvalue weighted by molar-refractivity contribution is -0.137. The molecule has 2 unspecified atom stereocenters. The van der Waals surface area contributed by atoms with E-state index in [1.54, 1.807) is 0 Å². The van der Waals surface area contributed by atoms with Crippen LogP contribution in [-0.4, -0.2) is 17.8 Å². The third-order valence-electron chi connectivity index (χ3n) is 2.75. The molecule has 0 bridgehead atoms. The Kier molecular flexibility index (Phi) is 4.40. The summed E-state index contributed by atoms with van der Waals surface area (Å²) in [4.78, 5) is 0. The van der Waals surface area contributed by atoms with Crippen molar-refractivity contribution in [1.82, 2.24) is 0 Å². The van der Waals surface area contributed by atoms with Gasteiger partial charge in [-0.1, -0.05) is 6.92 Å². The zero-order valence-electron chi connectivity index (χ0n) is 9.75. The van der Waals surface area contributed by atoms with Crippen LogP contribution in [0.5, 0.6) is 0 Å². The predicted molar refractivity (Wildman–Crippen MR) is 60.8 cm³/mol. The number of anilines is 1. The molecule has 0 radical (unpaired) electrons. The smallest absolute Gasteiger partial charge is 0.396 e. The first kappa shape index (κ1) is 13.8. The lowest BCUT2D eigenvalue weighted by atomic mass is 10.0. The highest BCUT2D eigenvalue weighted by molar-refractivity contribution is 5.45. The number of hydrogen-bond acceptors (Lipinski definition) is 2. The molecule has 0 fully saturated rings. The van der Waals surface area contributed by atoms with Crippen LogP contribution in [0, 0.1) is 5.92 Å². The van der Waals surface area contributed by atoms with Gasteiger partial charge in [0.15, 0.2) is 0 Å². The predicted octanol–water partition coefficient (Wildman–Crippen LogP) is 3.13. The maximum Gasteiger partial charge on any atom is 0.416 e. The van der Waals surface area contributed by atoms with Crippen LogP contribution in [0.2, 0.25) is 0 Å². The summed E-state index contributed by atoms with van der Waals surface area (Å²) >= 11 is 0. The molecule has 5 heteroatoms. The zero-order chi connectivity index (χ0) is 13.1. The lowest BCUT2D eigenvalue weighted by Gasteiger charge is -2.20. The quantitative estimate of drug-likeness (QED) is 0.856. The van der Waals surface area contributed by atoms with Gasteiger partial charge in [0.05, 0.1) is 5.56 Å². The van der Waals surface area contributed by atoms with E-state index >= 15 is 0 Å². The second-order valence-corrected chi connectivity index (χ2v) is 4.17. The molecule has 0 aliphatic carbocycles. The number of rotatable bonds is 4. The van der Waals surface area contributed by atoms with Crippen molar-refractivity contribution in [2.24, 2.45) is 5.92 Å². The van der Waals surface area contributed by atoms with E-state index in [9.17, 15) is 13.2 Å². The molecule has 2 nitrogen and oxygen atoms in total. The van der Waals surface area contributed by atoms with Gasteiger partial charge in [0, 0.05) is 18.3 Å². The van der Waals surface area contributed by atoms with E-state index in [1.165, 1.54) is 12.1 Å². The Bertz CT molecular complexity index is 348. The van der Waals surface area contributed by atoms with Gasteiger partial charge < -0.3 is 10.4 Å². The van der Waals surface area contributed by atoms with Crippen molar-refractivity contribution in [1.29, 1.82) is 0 Å². The van der Waals surface area contributed by atoms with Crippen molar-refractivity contribution < 1.29 is 18.3 Å². The van der Waals surface area contributed by atoms with Gasteiger partial charge in [-0.25, -0.2) is 0 Å². The first-order valence-electron chi connectivity index (χ1n) is 5.39. The highest BCUT2D eigenvalue weighted by Gasteiger charge is 2.29. The molecule has 2 atom stereocenters. The van der Waals surface area contributed by atoms with Gasteiger partial charge in [0.1, 0.15) is 0 Å². The molecule has 0 heterocycles. The molecule has 0 aromatic heterocycles. The summed E-state index contributed by atoms with van der Waals surface area (Å²) in [6.45, 7) is 3.77. The molecule has 17 heavy (non-hydrogen) atoms. The topological polar surface area (TPSA) is 32.3 Å². The van der Waals surface area contributed by atoms with Crippen LogP contribution < -0.4 is 5.32 Å². The maximum atomic E-state index is 12.3. The van der Waals surface area contributed by atoms with Crippen LogP contribution in [0.1, 0.15) is 19.4 Å². The second-order valence-electron chi connectivity index (χ2n) is 4.17. The van der Waals surface area contributed by atoms with E-state index < -0.39 is 11.7 Å². The normalized spacial score (nSPS) is 15.4. The summed E-state index contributed by atoms with van der Waals surface area (Å²) in [7, 11) is 0. The molecule has 0 saturated heterocycles. The number of aliphatic hydroxyl groups excluding tert-OH is 1. The van der Waals surface area contributed by atoms with Crippen LogP contribution in [0.4, 0.5) is 18.9 Å². The highest BCUT2D eigenvalue weighted by Crippen LogP contribution is 2.30. The molecule has 2 N–H and O–H groups in total. The van der Waals surface area contributed by atoms with Crippen molar-refractivity contribution in [2.45, 2.75) is 26.1 Å². The SMILES string of the molecule is CC(CO)C(C)Nc1ccc(C(F)(F)F)cc1. The van der Waals surface area contributed by atoms with Gasteiger partial charge in [0.25, 0.3) is 0 Å². The Hall–Kier alpha value is -1.23. The molecule has 1 rings (SSSR count). The Morgan fingerprint density at radius 3 is 2.12 bits per heavy atom. The molecule has 0 amide bonds. The molecule has 0 saturated carbocycles. The van der Waals surface area contributed by atoms with Gasteiger partial charge in [-0.3, -0.25) is 0 Å². The summed E-state index contributed by atoms with van der Waals surface area (Å²) in [5.41, 5.74) is -0.0447. The van der Waals surface area contributed by atoms with Crippen LogP contribution in [0.25, 0.3) is 0 Å². The second kappa shape index (κ2) is 5.40. The summed E-state index contributed by atoms with van der Waals surface area (Å²) in [6, 6.07) is 4.86. The van der Waals surface area contributed by atoms with Gasteiger partial charge in [-0.2, -0.15) is 13.2 Å². The highest BCUT2D eigenvalue weighted by atomic mass is 19.4. The molecule has 0 spiro atoms. The van der Waals surface area contributed by atoms with Crippen molar-refractivity contribution >= 4 is 5.69 Å². The molecular formula is C12H16F3NO. The molecule has 1 aromatic carbocycles. The fourth-order valence-corrected chi connectivity index (χ4v) is 1.32. The molecule has 0 aliphatic rings. The largest absolute Gasteiger partial charge is 0.416 e. The minimum atomic E-state index is -4.30. The minimum absolute atomic E-state index is 0.00302. The Morgan fingerprint density at radius 2 is 1.71 bits per heavy atom. The van der Waals surface area contributed by atoms with Crippen molar-refractivity contribution in [3.63, 3.8) is 0 Å². The summed E-state index contributed by atoms with van der Waals surface area (Å²) in [5, 5.41) is 12.0. The molecule has 0 aliphatic heterocycles. The first-order chi connectivity index (χ1) is 7.84. The standard InChI is InChI=1S/C12H16F3NO/c1-8(7-17)9(2)16-11-5-3-10(4-6-11)12(13,14)15/h3-6,8-9,16-17H,7H2,1-2H3. The lowest BCUT2D eigenvalue weighted by Crippen LogP contribution is -2.26. The van der Waals surface area contributed by atoms with E-state index in [2.05, 4.69) is 5.32 Å². The maximum absolute atomic E-state index is 12.3. The van der Waals surface area contributed by atoms with E-state index in [0.29, 0.717) is 5.69 Å². The van der Waals surface area contributed by atoms with E-state index in [1.807, 2.05) is 13.8 Å². The number of aliphatic hydroxyl groups is 1. The number of halogens is 3. The average Bonchev–Trinajstić information content (AvgIpc) is 2.27. The van der Waals surface area contributed by atoms with Crippen LogP contribution in [-0.2, 0) is 6.18 Å². The average molecular weight is 247 g/mol. The fraction of sp³-hybridized carbons (Fsp3) is 0.500. The Balaban J connectivity index is 2.69. The number of nitrogens with one attached hydrogen (secondary N) is 1. The summed E-state index contributed by atoms with van der Waals surface area (Å²) < 4.78 is 36.9.